The fourth-order valence-corrected chi connectivity index (χ4v) is 2.80. The van der Waals surface area contributed by atoms with Gasteiger partial charge in [0.2, 0.25) is 0 Å². The minimum absolute atomic E-state index is 0.0759. The highest BCUT2D eigenvalue weighted by Crippen LogP contribution is 2.56. The van der Waals surface area contributed by atoms with Crippen molar-refractivity contribution < 1.29 is 30.0 Å². The van der Waals surface area contributed by atoms with Crippen LogP contribution in [0.25, 0.3) is 0 Å². The van der Waals surface area contributed by atoms with E-state index in [-0.39, 0.29) is 18.8 Å². The number of esters is 1. The van der Waals surface area contributed by atoms with Crippen molar-refractivity contribution >= 4 is 5.97 Å². The fraction of sp³-hybridized carbons (Fsp3) is 0.941. The van der Waals surface area contributed by atoms with Crippen molar-refractivity contribution in [2.45, 2.75) is 79.8 Å². The average Bonchev–Trinajstić information content (AvgIpc) is 2.44. The summed E-state index contributed by atoms with van der Waals surface area (Å²) in [6.45, 7) is 10.7. The molecule has 0 unspecified atom stereocenters. The first-order valence-electron chi connectivity index (χ1n) is 8.22. The van der Waals surface area contributed by atoms with Crippen LogP contribution in [0.5, 0.6) is 0 Å². The first kappa shape index (κ1) is 22.3. The van der Waals surface area contributed by atoms with Gasteiger partial charge in [-0.2, -0.15) is 0 Å². The Bertz CT molecular complexity index is 353. The van der Waals surface area contributed by atoms with Crippen LogP contribution >= 0.6 is 0 Å². The number of rotatable bonds is 10. The second kappa shape index (κ2) is 8.42. The second-order valence-electron chi connectivity index (χ2n) is 7.60. The standard InChI is InChI=1S/C17H34O6/c1-7-8-11-23-12(18)9-10-17(6,15(2,3)13(19)20)16(4,5)14(21)22/h13-14,19-22H,7-11H2,1-6H3. The molecule has 0 spiro atoms. The Hall–Kier alpha value is -0.690. The molecule has 0 aliphatic carbocycles. The highest BCUT2D eigenvalue weighted by Gasteiger charge is 2.56. The van der Waals surface area contributed by atoms with Crippen LogP contribution in [0.1, 0.15) is 67.2 Å². The van der Waals surface area contributed by atoms with Crippen LogP contribution in [-0.4, -0.2) is 45.6 Å². The van der Waals surface area contributed by atoms with E-state index < -0.39 is 28.8 Å². The number of aliphatic hydroxyl groups is 4. The normalized spacial score (nSPS) is 13.7. The van der Waals surface area contributed by atoms with E-state index in [1.54, 1.807) is 34.6 Å². The van der Waals surface area contributed by atoms with Crippen LogP contribution in [0.3, 0.4) is 0 Å². The zero-order valence-electron chi connectivity index (χ0n) is 15.3. The van der Waals surface area contributed by atoms with Gasteiger partial charge in [-0.15, -0.1) is 0 Å². The van der Waals surface area contributed by atoms with Gasteiger partial charge >= 0.3 is 5.97 Å². The van der Waals surface area contributed by atoms with E-state index in [9.17, 15) is 25.2 Å². The van der Waals surface area contributed by atoms with E-state index in [1.165, 1.54) is 0 Å². The summed E-state index contributed by atoms with van der Waals surface area (Å²) in [6, 6.07) is 0. The van der Waals surface area contributed by atoms with Gasteiger partial charge in [0.15, 0.2) is 12.6 Å². The lowest BCUT2D eigenvalue weighted by atomic mass is 9.51. The molecule has 0 bridgehead atoms. The number of carbonyl (C=O) groups excluding carboxylic acids is 1. The maximum Gasteiger partial charge on any atom is 0.305 e. The van der Waals surface area contributed by atoms with Gasteiger partial charge < -0.3 is 25.2 Å². The average molecular weight is 334 g/mol. The van der Waals surface area contributed by atoms with Gasteiger partial charge in [-0.3, -0.25) is 4.79 Å². The Morgan fingerprint density at radius 3 is 1.74 bits per heavy atom. The number of unbranched alkanes of at least 4 members (excludes halogenated alkanes) is 1. The lowest BCUT2D eigenvalue weighted by Crippen LogP contribution is -2.56. The van der Waals surface area contributed by atoms with Gasteiger partial charge in [0.05, 0.1) is 6.61 Å². The molecule has 0 aliphatic rings. The highest BCUT2D eigenvalue weighted by atomic mass is 16.5. The molecule has 6 heteroatoms. The molecule has 0 atom stereocenters. The molecule has 138 valence electrons. The third-order valence-corrected chi connectivity index (χ3v) is 5.73. The Labute approximate surface area is 139 Å². The molecule has 0 rings (SSSR count). The molecule has 0 radical (unpaired) electrons. The largest absolute Gasteiger partial charge is 0.466 e. The summed E-state index contributed by atoms with van der Waals surface area (Å²) in [5.74, 6) is -0.365. The number of aliphatic hydroxyl groups excluding tert-OH is 2. The fourth-order valence-electron chi connectivity index (χ4n) is 2.80. The lowest BCUT2D eigenvalue weighted by molar-refractivity contribution is -0.248. The van der Waals surface area contributed by atoms with E-state index in [0.717, 1.165) is 12.8 Å². The van der Waals surface area contributed by atoms with Crippen molar-refractivity contribution in [1.82, 2.24) is 0 Å². The second-order valence-corrected chi connectivity index (χ2v) is 7.60. The monoisotopic (exact) mass is 334 g/mol. The molecule has 6 nitrogen and oxygen atoms in total. The molecule has 0 aromatic heterocycles. The Morgan fingerprint density at radius 2 is 1.39 bits per heavy atom. The van der Waals surface area contributed by atoms with Crippen LogP contribution in [0, 0.1) is 16.2 Å². The summed E-state index contributed by atoms with van der Waals surface area (Å²) in [7, 11) is 0. The van der Waals surface area contributed by atoms with Gasteiger partial charge in [0.25, 0.3) is 0 Å². The van der Waals surface area contributed by atoms with E-state index in [4.69, 9.17) is 4.74 Å². The quantitative estimate of drug-likeness (QED) is 0.276. The van der Waals surface area contributed by atoms with E-state index in [2.05, 4.69) is 0 Å². The van der Waals surface area contributed by atoms with Gasteiger partial charge in [-0.05, 0) is 18.3 Å². The molecule has 0 aliphatic heterocycles. The van der Waals surface area contributed by atoms with Crippen LogP contribution in [0.2, 0.25) is 0 Å². The number of ether oxygens (including phenoxy) is 1. The minimum atomic E-state index is -1.67. The van der Waals surface area contributed by atoms with Crippen molar-refractivity contribution in [3.63, 3.8) is 0 Å². The molecule has 0 heterocycles. The van der Waals surface area contributed by atoms with Crippen LogP contribution < -0.4 is 0 Å². The Morgan fingerprint density at radius 1 is 0.957 bits per heavy atom. The predicted molar refractivity (Wildman–Crippen MR) is 87.2 cm³/mol. The SMILES string of the molecule is CCCCOC(=O)CCC(C)(C(C)(C)C(O)O)C(C)(C)C(O)O. The van der Waals surface area contributed by atoms with Gasteiger partial charge in [0, 0.05) is 17.3 Å². The maximum atomic E-state index is 11.9. The van der Waals surface area contributed by atoms with Crippen LogP contribution in [-0.2, 0) is 9.53 Å². The zero-order chi connectivity index (χ0) is 18.5. The van der Waals surface area contributed by atoms with Crippen LogP contribution in [0.4, 0.5) is 0 Å². The van der Waals surface area contributed by atoms with Gasteiger partial charge in [-0.1, -0.05) is 48.0 Å². The molecule has 0 saturated carbocycles. The van der Waals surface area contributed by atoms with Crippen molar-refractivity contribution in [1.29, 1.82) is 0 Å². The van der Waals surface area contributed by atoms with E-state index >= 15 is 0 Å². The summed E-state index contributed by atoms with van der Waals surface area (Å²) >= 11 is 0. The molecule has 0 aromatic carbocycles. The topological polar surface area (TPSA) is 107 Å². The Kier molecular flexibility index (Phi) is 8.17. The maximum absolute atomic E-state index is 11.9. The molecule has 4 N–H and O–H groups in total. The lowest BCUT2D eigenvalue weighted by Gasteiger charge is -2.55. The summed E-state index contributed by atoms with van der Waals surface area (Å²) < 4.78 is 5.14. The van der Waals surface area contributed by atoms with Crippen LogP contribution in [0.15, 0.2) is 0 Å². The molecular weight excluding hydrogens is 300 g/mol. The first-order chi connectivity index (χ1) is 10.3. The van der Waals surface area contributed by atoms with Crippen molar-refractivity contribution in [3.05, 3.63) is 0 Å². The number of carbonyl (C=O) groups is 1. The highest BCUT2D eigenvalue weighted by molar-refractivity contribution is 5.69. The third kappa shape index (κ3) is 4.89. The number of hydrogen-bond acceptors (Lipinski definition) is 6. The van der Waals surface area contributed by atoms with Crippen molar-refractivity contribution in [3.8, 4) is 0 Å². The predicted octanol–water partition coefficient (Wildman–Crippen LogP) is 1.79. The van der Waals surface area contributed by atoms with Crippen molar-refractivity contribution in [2.75, 3.05) is 6.61 Å². The molecule has 0 fully saturated rings. The summed E-state index contributed by atoms with van der Waals surface area (Å²) in [5.41, 5.74) is -3.07. The van der Waals surface area contributed by atoms with Gasteiger partial charge in [0.1, 0.15) is 0 Å². The van der Waals surface area contributed by atoms with Crippen molar-refractivity contribution in [2.24, 2.45) is 16.2 Å². The number of hydrogen-bond donors (Lipinski definition) is 4. The zero-order valence-corrected chi connectivity index (χ0v) is 15.3. The summed E-state index contributed by atoms with van der Waals surface area (Å²) in [6.07, 6.45) is -1.29. The molecular formula is C17H34O6. The van der Waals surface area contributed by atoms with Gasteiger partial charge in [-0.25, -0.2) is 0 Å². The first-order valence-corrected chi connectivity index (χ1v) is 8.22. The minimum Gasteiger partial charge on any atom is -0.466 e. The summed E-state index contributed by atoms with van der Waals surface area (Å²) in [4.78, 5) is 11.9. The van der Waals surface area contributed by atoms with E-state index in [1.807, 2.05) is 6.92 Å². The van der Waals surface area contributed by atoms with E-state index in [0.29, 0.717) is 6.61 Å². The smallest absolute Gasteiger partial charge is 0.305 e. The Balaban J connectivity index is 5.29. The summed E-state index contributed by atoms with van der Waals surface area (Å²) in [5, 5.41) is 39.1. The molecule has 0 amide bonds. The molecule has 23 heavy (non-hydrogen) atoms. The molecule has 0 saturated heterocycles. The molecule has 0 aromatic rings. The third-order valence-electron chi connectivity index (χ3n) is 5.73.